The molecule has 0 aliphatic carbocycles. The first kappa shape index (κ1) is 20.1. The van der Waals surface area contributed by atoms with Crippen LogP contribution in [-0.4, -0.2) is 84.8 Å². The summed E-state index contributed by atoms with van der Waals surface area (Å²) in [7, 11) is 0. The van der Waals surface area contributed by atoms with Crippen molar-refractivity contribution >= 4 is 29.3 Å². The van der Waals surface area contributed by atoms with E-state index in [2.05, 4.69) is 20.4 Å². The second kappa shape index (κ2) is 8.05. The summed E-state index contributed by atoms with van der Waals surface area (Å²) in [5, 5.41) is 5.64. The minimum Gasteiger partial charge on any atom is -0.369 e. The van der Waals surface area contributed by atoms with Crippen LogP contribution in [0, 0.1) is 0 Å². The number of nitrogens with one attached hydrogen (secondary N) is 2. The van der Waals surface area contributed by atoms with Gasteiger partial charge in [0.1, 0.15) is 6.04 Å². The van der Waals surface area contributed by atoms with Crippen LogP contribution in [0.3, 0.4) is 0 Å². The van der Waals surface area contributed by atoms with E-state index in [0.717, 1.165) is 49.9 Å². The Morgan fingerprint density at radius 2 is 1.55 bits per heavy atom. The number of nitrogens with zero attached hydrogens (tertiary/aromatic N) is 3. The lowest BCUT2D eigenvalue weighted by Gasteiger charge is -2.41. The Labute approximate surface area is 180 Å². The maximum Gasteiger partial charge on any atom is 0.262 e. The average molecular weight is 425 g/mol. The van der Waals surface area contributed by atoms with Gasteiger partial charge < -0.3 is 10.2 Å². The standard InChI is InChI=1S/C22H27N5O4/c28-19-4-3-18(20(29)24-19)27-21(30)16-2-1-15(13-17(16)22(27)31)26-11-9-25(10-12-26)14-5-7-23-8-6-14/h1-2,13-14,18,23H,3-12H2,(H,24,28,29). The summed E-state index contributed by atoms with van der Waals surface area (Å²) in [6, 6.07) is 5.07. The van der Waals surface area contributed by atoms with Gasteiger partial charge in [-0.2, -0.15) is 0 Å². The maximum atomic E-state index is 13.0. The lowest BCUT2D eigenvalue weighted by atomic mass is 10.0. The molecule has 0 spiro atoms. The molecule has 31 heavy (non-hydrogen) atoms. The van der Waals surface area contributed by atoms with E-state index in [-0.39, 0.29) is 18.7 Å². The predicted octanol–water partition coefficient (Wildman–Crippen LogP) is -0.0382. The highest BCUT2D eigenvalue weighted by Gasteiger charge is 2.44. The highest BCUT2D eigenvalue weighted by atomic mass is 16.2. The zero-order valence-electron chi connectivity index (χ0n) is 17.4. The zero-order chi connectivity index (χ0) is 21.5. The molecule has 1 unspecified atom stereocenters. The Morgan fingerprint density at radius 3 is 2.26 bits per heavy atom. The maximum absolute atomic E-state index is 13.0. The van der Waals surface area contributed by atoms with E-state index in [1.54, 1.807) is 12.1 Å². The van der Waals surface area contributed by atoms with E-state index < -0.39 is 23.8 Å². The van der Waals surface area contributed by atoms with Crippen LogP contribution in [0.25, 0.3) is 0 Å². The number of rotatable bonds is 3. The van der Waals surface area contributed by atoms with Gasteiger partial charge in [-0.05, 0) is 50.6 Å². The summed E-state index contributed by atoms with van der Waals surface area (Å²) in [5.41, 5.74) is 1.59. The molecule has 1 aromatic carbocycles. The Balaban J connectivity index is 1.29. The normalized spacial score (nSPS) is 25.7. The first-order chi connectivity index (χ1) is 15.0. The van der Waals surface area contributed by atoms with Gasteiger partial charge in [-0.1, -0.05) is 0 Å². The molecule has 0 saturated carbocycles. The molecule has 2 N–H and O–H groups in total. The minimum absolute atomic E-state index is 0.121. The Kier molecular flexibility index (Phi) is 5.23. The van der Waals surface area contributed by atoms with Crippen LogP contribution >= 0.6 is 0 Å². The van der Waals surface area contributed by atoms with Crippen LogP contribution in [-0.2, 0) is 9.59 Å². The average Bonchev–Trinajstić information content (AvgIpc) is 3.04. The van der Waals surface area contributed by atoms with Crippen molar-refractivity contribution in [3.8, 4) is 0 Å². The molecule has 4 aliphatic rings. The molecule has 1 atom stereocenters. The van der Waals surface area contributed by atoms with Crippen molar-refractivity contribution in [3.05, 3.63) is 29.3 Å². The SMILES string of the molecule is O=C1CCC(N2C(=O)c3ccc(N4CCN(C5CCNCC5)CC4)cc3C2=O)C(=O)N1. The third kappa shape index (κ3) is 3.61. The fourth-order valence-corrected chi connectivity index (χ4v) is 5.17. The van der Waals surface area contributed by atoms with Gasteiger partial charge in [-0.3, -0.25) is 34.3 Å². The molecule has 9 nitrogen and oxygen atoms in total. The minimum atomic E-state index is -0.929. The zero-order valence-corrected chi connectivity index (χ0v) is 17.4. The van der Waals surface area contributed by atoms with Crippen LogP contribution in [0.4, 0.5) is 5.69 Å². The summed E-state index contributed by atoms with van der Waals surface area (Å²) in [6.45, 7) is 5.88. The number of hydrogen-bond donors (Lipinski definition) is 2. The summed E-state index contributed by atoms with van der Waals surface area (Å²) >= 11 is 0. The van der Waals surface area contributed by atoms with Crippen LogP contribution in [0.5, 0.6) is 0 Å². The molecule has 0 radical (unpaired) electrons. The summed E-state index contributed by atoms with van der Waals surface area (Å²) in [6.07, 6.45) is 2.66. The summed E-state index contributed by atoms with van der Waals surface area (Å²) in [4.78, 5) is 55.4. The van der Waals surface area contributed by atoms with Gasteiger partial charge in [0.2, 0.25) is 11.8 Å². The first-order valence-corrected chi connectivity index (χ1v) is 11.1. The number of carbonyl (C=O) groups is 4. The molecule has 4 amide bonds. The second-order valence-electron chi connectivity index (χ2n) is 8.68. The number of hydrogen-bond acceptors (Lipinski definition) is 7. The lowest BCUT2D eigenvalue weighted by molar-refractivity contribution is -0.136. The van der Waals surface area contributed by atoms with E-state index >= 15 is 0 Å². The number of piperidine rings is 2. The Bertz CT molecular complexity index is 934. The topological polar surface area (TPSA) is 102 Å². The van der Waals surface area contributed by atoms with E-state index in [0.29, 0.717) is 17.2 Å². The smallest absolute Gasteiger partial charge is 0.262 e. The Hall–Kier alpha value is -2.78. The molecular formula is C22H27N5O4. The fourth-order valence-electron chi connectivity index (χ4n) is 5.17. The second-order valence-corrected chi connectivity index (χ2v) is 8.68. The molecule has 4 heterocycles. The number of anilines is 1. The largest absolute Gasteiger partial charge is 0.369 e. The third-order valence-corrected chi connectivity index (χ3v) is 6.93. The molecule has 0 bridgehead atoms. The van der Waals surface area contributed by atoms with E-state index in [1.165, 1.54) is 12.8 Å². The molecule has 164 valence electrons. The van der Waals surface area contributed by atoms with Crippen molar-refractivity contribution in [2.45, 2.75) is 37.8 Å². The van der Waals surface area contributed by atoms with Crippen molar-refractivity contribution < 1.29 is 19.2 Å². The number of amides is 4. The van der Waals surface area contributed by atoms with Crippen molar-refractivity contribution in [2.75, 3.05) is 44.2 Å². The summed E-state index contributed by atoms with van der Waals surface area (Å²) in [5.74, 6) is -1.87. The van der Waals surface area contributed by atoms with E-state index in [9.17, 15) is 19.2 Å². The van der Waals surface area contributed by atoms with Gasteiger partial charge in [0.05, 0.1) is 11.1 Å². The molecule has 9 heteroatoms. The number of benzene rings is 1. The van der Waals surface area contributed by atoms with Crippen LogP contribution in [0.2, 0.25) is 0 Å². The van der Waals surface area contributed by atoms with Gasteiger partial charge in [-0.15, -0.1) is 0 Å². The molecule has 3 saturated heterocycles. The van der Waals surface area contributed by atoms with E-state index in [1.807, 2.05) is 6.07 Å². The first-order valence-electron chi connectivity index (χ1n) is 11.1. The molecular weight excluding hydrogens is 398 g/mol. The highest BCUT2D eigenvalue weighted by Crippen LogP contribution is 2.31. The van der Waals surface area contributed by atoms with Gasteiger partial charge in [0.15, 0.2) is 0 Å². The molecule has 1 aromatic rings. The van der Waals surface area contributed by atoms with Crippen molar-refractivity contribution in [1.82, 2.24) is 20.4 Å². The molecule has 3 fully saturated rings. The third-order valence-electron chi connectivity index (χ3n) is 6.93. The van der Waals surface area contributed by atoms with Gasteiger partial charge in [-0.25, -0.2) is 0 Å². The Morgan fingerprint density at radius 1 is 0.839 bits per heavy atom. The van der Waals surface area contributed by atoms with Crippen molar-refractivity contribution in [1.29, 1.82) is 0 Å². The molecule has 4 aliphatic heterocycles. The van der Waals surface area contributed by atoms with Crippen LogP contribution < -0.4 is 15.5 Å². The van der Waals surface area contributed by atoms with Crippen LogP contribution in [0.1, 0.15) is 46.4 Å². The van der Waals surface area contributed by atoms with Crippen LogP contribution in [0.15, 0.2) is 18.2 Å². The predicted molar refractivity (Wildman–Crippen MR) is 113 cm³/mol. The van der Waals surface area contributed by atoms with E-state index in [4.69, 9.17) is 0 Å². The van der Waals surface area contributed by atoms with Gasteiger partial charge >= 0.3 is 0 Å². The van der Waals surface area contributed by atoms with Gasteiger partial charge in [0, 0.05) is 44.3 Å². The van der Waals surface area contributed by atoms with Crippen molar-refractivity contribution in [3.63, 3.8) is 0 Å². The van der Waals surface area contributed by atoms with Crippen molar-refractivity contribution in [2.24, 2.45) is 0 Å². The number of fused-ring (bicyclic) bond motifs is 1. The molecule has 0 aromatic heterocycles. The lowest BCUT2D eigenvalue weighted by Crippen LogP contribution is -2.54. The highest BCUT2D eigenvalue weighted by molar-refractivity contribution is 6.23. The number of carbonyl (C=O) groups excluding carboxylic acids is 4. The number of imide groups is 2. The molecule has 5 rings (SSSR count). The number of piperazine rings is 1. The monoisotopic (exact) mass is 425 g/mol. The summed E-state index contributed by atoms with van der Waals surface area (Å²) < 4.78 is 0. The quantitative estimate of drug-likeness (QED) is 0.656. The fraction of sp³-hybridized carbons (Fsp3) is 0.545. The van der Waals surface area contributed by atoms with Gasteiger partial charge in [0.25, 0.3) is 11.8 Å².